The van der Waals surface area contributed by atoms with Gasteiger partial charge < -0.3 is 14.2 Å². The van der Waals surface area contributed by atoms with Gasteiger partial charge in [-0.1, -0.05) is 5.57 Å². The first-order valence-electron chi connectivity index (χ1n) is 5.80. The average Bonchev–Trinajstić information content (AvgIpc) is 2.83. The van der Waals surface area contributed by atoms with Gasteiger partial charge in [0.25, 0.3) is 0 Å². The Bertz CT molecular complexity index is 269. The van der Waals surface area contributed by atoms with Crippen LogP contribution in [0.1, 0.15) is 25.7 Å². The maximum absolute atomic E-state index is 11.1. The summed E-state index contributed by atoms with van der Waals surface area (Å²) in [6.07, 6.45) is 5.57. The van der Waals surface area contributed by atoms with E-state index in [2.05, 4.69) is 4.74 Å². The largest absolute Gasteiger partial charge is 0.466 e. The topological polar surface area (TPSA) is 44.8 Å². The van der Waals surface area contributed by atoms with Crippen LogP contribution < -0.4 is 0 Å². The lowest BCUT2D eigenvalue weighted by molar-refractivity contribution is -0.134. The minimum atomic E-state index is -0.248. The molecular weight excluding hydrogens is 208 g/mol. The maximum Gasteiger partial charge on any atom is 0.330 e. The number of hydrogen-bond acceptors (Lipinski definition) is 4. The zero-order valence-electron chi connectivity index (χ0n) is 9.61. The number of hydrogen-bond donors (Lipinski definition) is 0. The Morgan fingerprint density at radius 1 is 1.31 bits per heavy atom. The molecule has 0 amide bonds. The summed E-state index contributed by atoms with van der Waals surface area (Å²) in [7, 11) is 1.41. The fraction of sp³-hybridized carbons (Fsp3) is 0.750. The molecule has 4 nitrogen and oxygen atoms in total. The monoisotopic (exact) mass is 226 g/mol. The van der Waals surface area contributed by atoms with Crippen molar-refractivity contribution >= 4 is 5.97 Å². The Balaban J connectivity index is 1.82. The SMILES string of the molecule is COC(=O)C=C1CCC(C2OCCO2)CC1. The third-order valence-corrected chi connectivity index (χ3v) is 3.23. The molecule has 2 fully saturated rings. The maximum atomic E-state index is 11.1. The van der Waals surface area contributed by atoms with Gasteiger partial charge in [-0.25, -0.2) is 4.79 Å². The van der Waals surface area contributed by atoms with E-state index in [-0.39, 0.29) is 12.3 Å². The van der Waals surface area contributed by atoms with Crippen molar-refractivity contribution < 1.29 is 19.0 Å². The van der Waals surface area contributed by atoms with Crippen LogP contribution in [-0.4, -0.2) is 32.6 Å². The van der Waals surface area contributed by atoms with Crippen LogP contribution in [0.15, 0.2) is 11.6 Å². The number of rotatable bonds is 2. The summed E-state index contributed by atoms with van der Waals surface area (Å²) < 4.78 is 15.6. The van der Waals surface area contributed by atoms with E-state index in [0.29, 0.717) is 19.1 Å². The molecule has 1 aliphatic heterocycles. The summed E-state index contributed by atoms with van der Waals surface area (Å²) in [5, 5.41) is 0. The summed E-state index contributed by atoms with van der Waals surface area (Å²) in [5.41, 5.74) is 1.18. The van der Waals surface area contributed by atoms with Crippen molar-refractivity contribution in [2.24, 2.45) is 5.92 Å². The zero-order chi connectivity index (χ0) is 11.4. The van der Waals surface area contributed by atoms with E-state index in [1.807, 2.05) is 0 Å². The van der Waals surface area contributed by atoms with Crippen molar-refractivity contribution in [1.29, 1.82) is 0 Å². The van der Waals surface area contributed by atoms with Crippen molar-refractivity contribution in [3.8, 4) is 0 Å². The van der Waals surface area contributed by atoms with Crippen LogP contribution in [0, 0.1) is 5.92 Å². The normalized spacial score (nSPS) is 26.8. The molecule has 0 N–H and O–H groups in total. The molecule has 0 aromatic rings. The molecule has 0 radical (unpaired) electrons. The molecule has 1 saturated heterocycles. The highest BCUT2D eigenvalue weighted by molar-refractivity contribution is 5.82. The molecule has 1 aliphatic carbocycles. The van der Waals surface area contributed by atoms with Crippen LogP contribution >= 0.6 is 0 Å². The molecular formula is C12H18O4. The Labute approximate surface area is 95.6 Å². The number of allylic oxidation sites excluding steroid dienone is 1. The minimum absolute atomic E-state index is 0.0142. The highest BCUT2D eigenvalue weighted by Crippen LogP contribution is 2.33. The van der Waals surface area contributed by atoms with Gasteiger partial charge in [-0.2, -0.15) is 0 Å². The first kappa shape index (κ1) is 11.6. The molecule has 16 heavy (non-hydrogen) atoms. The van der Waals surface area contributed by atoms with Gasteiger partial charge in [-0.3, -0.25) is 0 Å². The van der Waals surface area contributed by atoms with Gasteiger partial charge in [0, 0.05) is 12.0 Å². The van der Waals surface area contributed by atoms with E-state index >= 15 is 0 Å². The summed E-state index contributed by atoms with van der Waals surface area (Å²) >= 11 is 0. The first-order chi connectivity index (χ1) is 7.79. The van der Waals surface area contributed by atoms with Gasteiger partial charge in [0.1, 0.15) is 0 Å². The molecule has 0 aromatic heterocycles. The molecule has 0 unspecified atom stereocenters. The number of ether oxygens (including phenoxy) is 3. The lowest BCUT2D eigenvalue weighted by Crippen LogP contribution is -2.24. The molecule has 0 bridgehead atoms. The Morgan fingerprint density at radius 3 is 2.50 bits per heavy atom. The molecule has 2 aliphatic rings. The molecule has 0 atom stereocenters. The van der Waals surface area contributed by atoms with Crippen molar-refractivity contribution in [3.63, 3.8) is 0 Å². The van der Waals surface area contributed by atoms with Gasteiger partial charge in [0.15, 0.2) is 6.29 Å². The predicted octanol–water partition coefficient (Wildman–Crippen LogP) is 1.65. The smallest absolute Gasteiger partial charge is 0.330 e. The third-order valence-electron chi connectivity index (χ3n) is 3.23. The summed E-state index contributed by atoms with van der Waals surface area (Å²) in [6.45, 7) is 1.43. The van der Waals surface area contributed by atoms with Crippen LogP contribution in [0.2, 0.25) is 0 Å². The van der Waals surface area contributed by atoms with E-state index in [1.54, 1.807) is 6.08 Å². The molecule has 2 rings (SSSR count). The van der Waals surface area contributed by atoms with Crippen molar-refractivity contribution in [2.75, 3.05) is 20.3 Å². The standard InChI is InChI=1S/C12H18O4/c1-14-11(13)8-9-2-4-10(5-3-9)12-15-6-7-16-12/h8,10,12H,2-7H2,1H3. The predicted molar refractivity (Wildman–Crippen MR) is 57.7 cm³/mol. The molecule has 1 heterocycles. The van der Waals surface area contributed by atoms with Crippen molar-refractivity contribution in [3.05, 3.63) is 11.6 Å². The highest BCUT2D eigenvalue weighted by atomic mass is 16.7. The molecule has 1 saturated carbocycles. The van der Waals surface area contributed by atoms with Gasteiger partial charge in [0.2, 0.25) is 0 Å². The first-order valence-corrected chi connectivity index (χ1v) is 5.80. The Kier molecular flexibility index (Phi) is 3.96. The highest BCUT2D eigenvalue weighted by Gasteiger charge is 2.29. The number of methoxy groups -OCH3 is 1. The second kappa shape index (κ2) is 5.46. The molecule has 4 heteroatoms. The summed E-state index contributed by atoms with van der Waals surface area (Å²) in [4.78, 5) is 11.1. The minimum Gasteiger partial charge on any atom is -0.466 e. The fourth-order valence-corrected chi connectivity index (χ4v) is 2.30. The van der Waals surface area contributed by atoms with Gasteiger partial charge in [-0.05, 0) is 25.7 Å². The number of esters is 1. The van der Waals surface area contributed by atoms with Gasteiger partial charge in [-0.15, -0.1) is 0 Å². The lowest BCUT2D eigenvalue weighted by Gasteiger charge is -2.27. The van der Waals surface area contributed by atoms with Crippen LogP contribution in [-0.2, 0) is 19.0 Å². The van der Waals surface area contributed by atoms with Gasteiger partial charge >= 0.3 is 5.97 Å². The fourth-order valence-electron chi connectivity index (χ4n) is 2.30. The second-order valence-corrected chi connectivity index (χ2v) is 4.27. The van der Waals surface area contributed by atoms with Crippen LogP contribution in [0.5, 0.6) is 0 Å². The van der Waals surface area contributed by atoms with E-state index in [9.17, 15) is 4.79 Å². The van der Waals surface area contributed by atoms with Crippen LogP contribution in [0.3, 0.4) is 0 Å². The molecule has 90 valence electrons. The Morgan fingerprint density at radius 2 is 1.94 bits per heavy atom. The zero-order valence-corrected chi connectivity index (χ0v) is 9.61. The molecule has 0 aromatic carbocycles. The average molecular weight is 226 g/mol. The summed E-state index contributed by atoms with van der Waals surface area (Å²) in [6, 6.07) is 0. The quantitative estimate of drug-likeness (QED) is 0.530. The second-order valence-electron chi connectivity index (χ2n) is 4.27. The van der Waals surface area contributed by atoms with Crippen LogP contribution in [0.4, 0.5) is 0 Å². The van der Waals surface area contributed by atoms with Crippen molar-refractivity contribution in [1.82, 2.24) is 0 Å². The van der Waals surface area contributed by atoms with E-state index < -0.39 is 0 Å². The lowest BCUT2D eigenvalue weighted by atomic mass is 9.85. The molecule has 0 spiro atoms. The summed E-state index contributed by atoms with van der Waals surface area (Å²) in [5.74, 6) is 0.235. The van der Waals surface area contributed by atoms with Crippen LogP contribution in [0.25, 0.3) is 0 Å². The number of carbonyl (C=O) groups is 1. The van der Waals surface area contributed by atoms with E-state index in [4.69, 9.17) is 9.47 Å². The number of carbonyl (C=O) groups excluding carboxylic acids is 1. The van der Waals surface area contributed by atoms with Crippen molar-refractivity contribution in [2.45, 2.75) is 32.0 Å². The van der Waals surface area contributed by atoms with E-state index in [1.165, 1.54) is 12.7 Å². The Hall–Kier alpha value is -0.870. The van der Waals surface area contributed by atoms with E-state index in [0.717, 1.165) is 25.7 Å². The third kappa shape index (κ3) is 2.83. The van der Waals surface area contributed by atoms with Gasteiger partial charge in [0.05, 0.1) is 20.3 Å².